The van der Waals surface area contributed by atoms with E-state index in [1.54, 1.807) is 0 Å². The highest BCUT2D eigenvalue weighted by molar-refractivity contribution is 5.83. The number of benzene rings is 1. The molecule has 1 aliphatic rings. The summed E-state index contributed by atoms with van der Waals surface area (Å²) in [5, 5.41) is 11.0. The number of nitrogens with zero attached hydrogens (tertiary/aromatic N) is 1. The van der Waals surface area contributed by atoms with Crippen molar-refractivity contribution < 1.29 is 23.9 Å². The molecule has 21 heavy (non-hydrogen) atoms. The van der Waals surface area contributed by atoms with Crippen LogP contribution in [0, 0.1) is 10.1 Å². The number of nitro benzene ring substituents is 1. The van der Waals surface area contributed by atoms with E-state index >= 15 is 0 Å². The van der Waals surface area contributed by atoms with Gasteiger partial charge in [-0.3, -0.25) is 14.9 Å². The third-order valence-electron chi connectivity index (χ3n) is 3.34. The summed E-state index contributed by atoms with van der Waals surface area (Å²) in [5.74, 6) is 0.530. The molecule has 1 unspecified atom stereocenters. The predicted octanol–water partition coefficient (Wildman–Crippen LogP) is 2.36. The second-order valence-corrected chi connectivity index (χ2v) is 4.74. The Morgan fingerprint density at radius 2 is 2.24 bits per heavy atom. The van der Waals surface area contributed by atoms with Gasteiger partial charge in [-0.25, -0.2) is 0 Å². The molecule has 0 bridgehead atoms. The summed E-state index contributed by atoms with van der Waals surface area (Å²) < 4.78 is 16.2. The van der Waals surface area contributed by atoms with Gasteiger partial charge in [-0.1, -0.05) is 0 Å². The molecule has 1 aromatic carbocycles. The van der Waals surface area contributed by atoms with Crippen molar-refractivity contribution in [2.45, 2.75) is 25.4 Å². The first-order valence-corrected chi connectivity index (χ1v) is 6.71. The third kappa shape index (κ3) is 3.69. The molecule has 0 aliphatic carbocycles. The summed E-state index contributed by atoms with van der Waals surface area (Å²) in [6, 6.07) is 2.52. The molecule has 1 fully saturated rings. The Labute approximate surface area is 122 Å². The standard InChI is InChI=1S/C14H17NO6/c1-19-13-6-10(8-16)12(15(17)18)7-14(13)21-9-11-4-2-3-5-20-11/h6-8,11H,2-5,9H2,1H3. The van der Waals surface area contributed by atoms with E-state index in [9.17, 15) is 14.9 Å². The second-order valence-electron chi connectivity index (χ2n) is 4.74. The van der Waals surface area contributed by atoms with Crippen molar-refractivity contribution in [1.82, 2.24) is 0 Å². The first-order valence-electron chi connectivity index (χ1n) is 6.71. The van der Waals surface area contributed by atoms with Gasteiger partial charge in [0.25, 0.3) is 5.69 Å². The average Bonchev–Trinajstić information content (AvgIpc) is 2.52. The van der Waals surface area contributed by atoms with E-state index in [4.69, 9.17) is 14.2 Å². The Morgan fingerprint density at radius 3 is 2.81 bits per heavy atom. The van der Waals surface area contributed by atoms with Gasteiger partial charge >= 0.3 is 0 Å². The second kappa shape index (κ2) is 7.03. The molecule has 1 saturated heterocycles. The summed E-state index contributed by atoms with van der Waals surface area (Å²) in [6.45, 7) is 1.00. The molecule has 1 aromatic rings. The largest absolute Gasteiger partial charge is 0.493 e. The lowest BCUT2D eigenvalue weighted by Crippen LogP contribution is -2.25. The van der Waals surface area contributed by atoms with Gasteiger partial charge in [-0.2, -0.15) is 0 Å². The first kappa shape index (κ1) is 15.2. The zero-order valence-electron chi connectivity index (χ0n) is 11.7. The van der Waals surface area contributed by atoms with Gasteiger partial charge in [-0.15, -0.1) is 0 Å². The van der Waals surface area contributed by atoms with Crippen molar-refractivity contribution in [3.63, 3.8) is 0 Å². The van der Waals surface area contributed by atoms with Crippen LogP contribution in [-0.2, 0) is 4.74 Å². The van der Waals surface area contributed by atoms with Crippen LogP contribution < -0.4 is 9.47 Å². The summed E-state index contributed by atoms with van der Waals surface area (Å²) >= 11 is 0. The van der Waals surface area contributed by atoms with Gasteiger partial charge in [0.2, 0.25) is 0 Å². The lowest BCUT2D eigenvalue weighted by atomic mass is 10.1. The number of carbonyl (C=O) groups excluding carboxylic acids is 1. The van der Waals surface area contributed by atoms with Gasteiger partial charge in [0.15, 0.2) is 17.8 Å². The Balaban J connectivity index is 2.18. The number of nitro groups is 1. The van der Waals surface area contributed by atoms with Crippen molar-refractivity contribution in [1.29, 1.82) is 0 Å². The van der Waals surface area contributed by atoms with Crippen LogP contribution in [-0.4, -0.2) is 37.6 Å². The Kier molecular flexibility index (Phi) is 5.10. The topological polar surface area (TPSA) is 87.9 Å². The van der Waals surface area contributed by atoms with Gasteiger partial charge in [0.1, 0.15) is 6.61 Å². The molecule has 1 aliphatic heterocycles. The van der Waals surface area contributed by atoms with Crippen LogP contribution >= 0.6 is 0 Å². The van der Waals surface area contributed by atoms with Gasteiger partial charge < -0.3 is 14.2 Å². The van der Waals surface area contributed by atoms with Crippen LogP contribution in [0.15, 0.2) is 12.1 Å². The molecule has 2 rings (SSSR count). The number of hydrogen-bond donors (Lipinski definition) is 0. The fourth-order valence-electron chi connectivity index (χ4n) is 2.21. The molecule has 0 radical (unpaired) electrons. The highest BCUT2D eigenvalue weighted by atomic mass is 16.6. The van der Waals surface area contributed by atoms with Gasteiger partial charge in [0, 0.05) is 12.7 Å². The van der Waals surface area contributed by atoms with Crippen molar-refractivity contribution in [3.8, 4) is 11.5 Å². The highest BCUT2D eigenvalue weighted by Gasteiger charge is 2.21. The maximum atomic E-state index is 11.0. The molecular weight excluding hydrogens is 278 g/mol. The highest BCUT2D eigenvalue weighted by Crippen LogP contribution is 2.34. The number of ether oxygens (including phenoxy) is 3. The van der Waals surface area contributed by atoms with Crippen LogP contribution in [0.4, 0.5) is 5.69 Å². The molecule has 0 N–H and O–H groups in total. The third-order valence-corrected chi connectivity index (χ3v) is 3.34. The lowest BCUT2D eigenvalue weighted by molar-refractivity contribution is -0.385. The van der Waals surface area contributed by atoms with Gasteiger partial charge in [0.05, 0.1) is 29.8 Å². The smallest absolute Gasteiger partial charge is 0.283 e. The molecule has 0 saturated carbocycles. The van der Waals surface area contributed by atoms with E-state index in [0.29, 0.717) is 25.2 Å². The summed E-state index contributed by atoms with van der Waals surface area (Å²) in [4.78, 5) is 21.2. The van der Waals surface area contributed by atoms with Crippen molar-refractivity contribution in [3.05, 3.63) is 27.8 Å². The summed E-state index contributed by atoms with van der Waals surface area (Å²) in [6.07, 6.45) is 3.42. The van der Waals surface area contributed by atoms with E-state index in [0.717, 1.165) is 19.3 Å². The van der Waals surface area contributed by atoms with E-state index in [1.807, 2.05) is 0 Å². The molecule has 0 spiro atoms. The maximum absolute atomic E-state index is 11.0. The lowest BCUT2D eigenvalue weighted by Gasteiger charge is -2.23. The normalized spacial score (nSPS) is 18.0. The SMILES string of the molecule is COc1cc(C=O)c([N+](=O)[O-])cc1OCC1CCCCO1. The summed E-state index contributed by atoms with van der Waals surface area (Å²) in [7, 11) is 1.42. The molecule has 0 aromatic heterocycles. The van der Waals surface area contributed by atoms with E-state index in [2.05, 4.69) is 0 Å². The zero-order chi connectivity index (χ0) is 15.2. The number of rotatable bonds is 6. The average molecular weight is 295 g/mol. The van der Waals surface area contributed by atoms with E-state index < -0.39 is 4.92 Å². The predicted molar refractivity (Wildman–Crippen MR) is 74.1 cm³/mol. The van der Waals surface area contributed by atoms with Crippen molar-refractivity contribution >= 4 is 12.0 Å². The van der Waals surface area contributed by atoms with E-state index in [1.165, 1.54) is 19.2 Å². The van der Waals surface area contributed by atoms with Gasteiger partial charge in [-0.05, 0) is 19.3 Å². The minimum Gasteiger partial charge on any atom is -0.493 e. The molecule has 114 valence electrons. The Morgan fingerprint density at radius 1 is 1.43 bits per heavy atom. The van der Waals surface area contributed by atoms with Crippen LogP contribution in [0.5, 0.6) is 11.5 Å². The molecule has 7 heteroatoms. The first-order chi connectivity index (χ1) is 10.2. The number of carbonyl (C=O) groups is 1. The quantitative estimate of drug-likeness (QED) is 0.455. The van der Waals surface area contributed by atoms with Crippen molar-refractivity contribution in [2.75, 3.05) is 20.3 Å². The summed E-state index contributed by atoms with van der Waals surface area (Å²) in [5.41, 5.74) is -0.344. The number of methoxy groups -OCH3 is 1. The fourth-order valence-corrected chi connectivity index (χ4v) is 2.21. The molecule has 1 atom stereocenters. The number of aldehydes is 1. The minimum atomic E-state index is -0.618. The zero-order valence-corrected chi connectivity index (χ0v) is 11.7. The Bertz CT molecular complexity index is 524. The Hall–Kier alpha value is -2.15. The molecule has 0 amide bonds. The number of hydrogen-bond acceptors (Lipinski definition) is 6. The monoisotopic (exact) mass is 295 g/mol. The van der Waals surface area contributed by atoms with E-state index in [-0.39, 0.29) is 23.1 Å². The van der Waals surface area contributed by atoms with Crippen LogP contribution in [0.2, 0.25) is 0 Å². The maximum Gasteiger partial charge on any atom is 0.283 e. The van der Waals surface area contributed by atoms with Crippen LogP contribution in [0.3, 0.4) is 0 Å². The molecule has 1 heterocycles. The molecule has 7 nitrogen and oxygen atoms in total. The van der Waals surface area contributed by atoms with Crippen LogP contribution in [0.25, 0.3) is 0 Å². The minimum absolute atomic E-state index is 0.0201. The fraction of sp³-hybridized carbons (Fsp3) is 0.500. The van der Waals surface area contributed by atoms with Crippen LogP contribution in [0.1, 0.15) is 29.6 Å². The van der Waals surface area contributed by atoms with Crippen molar-refractivity contribution in [2.24, 2.45) is 0 Å². The molecular formula is C14H17NO6.